The zero-order chi connectivity index (χ0) is 55.2. The largest absolute Gasteiger partial charge is 0.458 e. The SMILES string of the molecule is CC[C@@]1(O)C(=O)OCc2c1cc1n(c2=O)Cc2c-1nc1cc(F)c(Cl)cc1c2CNC(=O)[C@@H](OCNC(=O)[C@H](C)NC(=O)[C@@H](NC(=O)CNC(=O)CNC(=O)CCCC#Cc1cnc(S(C)(=O)=O)nc1)C(C)C)C1CC1. The van der Waals surface area contributed by atoms with Crippen LogP contribution in [0.1, 0.15) is 94.0 Å². The molecule has 5 heterocycles. The maximum Gasteiger partial charge on any atom is 0.343 e. The van der Waals surface area contributed by atoms with Gasteiger partial charge in [-0.05, 0) is 62.1 Å². The minimum absolute atomic E-state index is 0.0105. The van der Waals surface area contributed by atoms with E-state index in [9.17, 15) is 56.3 Å². The van der Waals surface area contributed by atoms with Crippen LogP contribution in [0, 0.1) is 29.5 Å². The van der Waals surface area contributed by atoms with Gasteiger partial charge in [0.25, 0.3) is 5.56 Å². The van der Waals surface area contributed by atoms with Crippen LogP contribution in [0.4, 0.5) is 4.39 Å². The van der Waals surface area contributed by atoms with Crippen LogP contribution in [0.25, 0.3) is 22.3 Å². The standard InChI is InChI=1S/C50H56ClFN10O13S/c1-6-50(71)33-15-37-42-31(22-62(37)47(69)32(33)23-74-48(50)70)30(29-14-34(51)35(52)16-36(29)60-42)19-55-46(68)43(28-12-13-28)75-24-58-44(66)26(4)59-45(67)41(25(2)3)61-40(65)21-54-39(64)20-53-38(63)11-9-7-8-10-27-17-56-49(57-18-27)76(5,72)73/h14-18,25-26,28,41,43,71H,6-7,9,11-13,19-24H2,1-5H3,(H,53,63)(H,54,64)(H,55,68)(H,58,66)(H,59,67)(H,61,65)/t26-,41-,43-,50-/m0/s1. The fourth-order valence-electron chi connectivity index (χ4n) is 8.53. The van der Waals surface area contributed by atoms with Gasteiger partial charge in [-0.25, -0.2) is 32.6 Å². The number of nitrogens with zero attached hydrogens (tertiary/aromatic N) is 4. The summed E-state index contributed by atoms with van der Waals surface area (Å²) in [5.74, 6) is -0.369. The molecule has 6 amide bonds. The first-order chi connectivity index (χ1) is 36.0. The van der Waals surface area contributed by atoms with Crippen molar-refractivity contribution in [2.45, 2.75) is 115 Å². The number of nitrogens with one attached hydrogen (secondary N) is 6. The van der Waals surface area contributed by atoms with Crippen molar-refractivity contribution in [3.8, 4) is 23.2 Å². The van der Waals surface area contributed by atoms with Crippen molar-refractivity contribution in [3.63, 3.8) is 0 Å². The highest BCUT2D eigenvalue weighted by Crippen LogP contribution is 2.41. The van der Waals surface area contributed by atoms with Crippen molar-refractivity contribution in [3.05, 3.63) is 79.6 Å². The number of sulfone groups is 1. The van der Waals surface area contributed by atoms with Gasteiger partial charge in [0.15, 0.2) is 5.60 Å². The molecule has 0 spiro atoms. The second kappa shape index (κ2) is 23.6. The Hall–Kier alpha value is -7.40. The molecular formula is C50H56ClFN10O13S. The Bertz CT molecular complexity index is 3250. The lowest BCUT2D eigenvalue weighted by Crippen LogP contribution is -2.56. The molecule has 26 heteroatoms. The van der Waals surface area contributed by atoms with Gasteiger partial charge in [0.2, 0.25) is 50.4 Å². The number of ether oxygens (including phenoxy) is 2. The number of esters is 1. The third-order valence-corrected chi connectivity index (χ3v) is 14.1. The minimum Gasteiger partial charge on any atom is -0.458 e. The molecule has 404 valence electrons. The Kier molecular flexibility index (Phi) is 17.5. The number of hydrogen-bond acceptors (Lipinski definition) is 16. The Labute approximate surface area is 440 Å². The topological polar surface area (TPSA) is 325 Å². The van der Waals surface area contributed by atoms with Crippen molar-refractivity contribution in [2.24, 2.45) is 11.8 Å². The van der Waals surface area contributed by atoms with Gasteiger partial charge in [0.1, 0.15) is 37.3 Å². The fourth-order valence-corrected chi connectivity index (χ4v) is 9.18. The number of fused-ring (bicyclic) bond motifs is 5. The number of pyridine rings is 2. The van der Waals surface area contributed by atoms with E-state index in [4.69, 9.17) is 26.1 Å². The molecule has 1 aromatic carbocycles. The minimum atomic E-state index is -3.54. The summed E-state index contributed by atoms with van der Waals surface area (Å²) in [6.07, 6.45) is 4.52. The van der Waals surface area contributed by atoms with Crippen LogP contribution in [0.5, 0.6) is 0 Å². The molecule has 4 atom stereocenters. The molecule has 0 bridgehead atoms. The number of benzene rings is 1. The van der Waals surface area contributed by atoms with Gasteiger partial charge in [0, 0.05) is 60.6 Å². The van der Waals surface area contributed by atoms with E-state index in [2.05, 4.69) is 53.7 Å². The van der Waals surface area contributed by atoms with Gasteiger partial charge < -0.3 is 51.0 Å². The molecule has 1 saturated carbocycles. The van der Waals surface area contributed by atoms with Gasteiger partial charge >= 0.3 is 5.97 Å². The number of amides is 6. The van der Waals surface area contributed by atoms with Gasteiger partial charge in [-0.15, -0.1) is 0 Å². The van der Waals surface area contributed by atoms with E-state index in [1.165, 1.54) is 36.0 Å². The average Bonchev–Trinajstić information content (AvgIpc) is 4.16. The summed E-state index contributed by atoms with van der Waals surface area (Å²) in [4.78, 5) is 116. The number of unbranched alkanes of at least 4 members (excludes halogenated alkanes) is 1. The number of aromatic nitrogens is 4. The van der Waals surface area contributed by atoms with E-state index in [1.807, 2.05) is 0 Å². The second-order valence-corrected chi connectivity index (χ2v) is 21.2. The molecule has 3 aromatic heterocycles. The summed E-state index contributed by atoms with van der Waals surface area (Å²) in [7, 11) is -3.54. The number of carbonyl (C=O) groups is 7. The first-order valence-corrected chi connectivity index (χ1v) is 26.6. The first-order valence-electron chi connectivity index (χ1n) is 24.3. The molecule has 1 fully saturated rings. The van der Waals surface area contributed by atoms with Crippen LogP contribution in [-0.4, -0.2) is 119 Å². The number of rotatable bonds is 21. The Balaban J connectivity index is 0.870. The van der Waals surface area contributed by atoms with Crippen molar-refractivity contribution in [1.82, 2.24) is 51.4 Å². The maximum absolute atomic E-state index is 14.9. The Morgan fingerprint density at radius 1 is 0.947 bits per heavy atom. The lowest BCUT2D eigenvalue weighted by molar-refractivity contribution is -0.172. The summed E-state index contributed by atoms with van der Waals surface area (Å²) < 4.78 is 50.4. The van der Waals surface area contributed by atoms with Gasteiger partial charge in [-0.1, -0.05) is 44.2 Å². The molecule has 76 heavy (non-hydrogen) atoms. The third kappa shape index (κ3) is 13.0. The molecule has 2 aliphatic heterocycles. The predicted octanol–water partition coefficient (Wildman–Crippen LogP) is 0.651. The highest BCUT2D eigenvalue weighted by atomic mass is 35.5. The van der Waals surface area contributed by atoms with Crippen molar-refractivity contribution < 1.29 is 61.0 Å². The molecule has 0 radical (unpaired) electrons. The van der Waals surface area contributed by atoms with E-state index in [0.29, 0.717) is 47.8 Å². The first kappa shape index (κ1) is 56.3. The highest BCUT2D eigenvalue weighted by molar-refractivity contribution is 7.90. The van der Waals surface area contributed by atoms with Crippen molar-refractivity contribution >= 4 is 73.8 Å². The number of cyclic esters (lactones) is 1. The smallest absolute Gasteiger partial charge is 0.343 e. The van der Waals surface area contributed by atoms with Gasteiger partial charge in [-0.3, -0.25) is 33.6 Å². The zero-order valence-corrected chi connectivity index (χ0v) is 43.6. The molecule has 0 saturated heterocycles. The van der Waals surface area contributed by atoms with E-state index in [-0.39, 0.29) is 76.7 Å². The lowest BCUT2D eigenvalue weighted by Gasteiger charge is -2.31. The quantitative estimate of drug-likeness (QED) is 0.0174. The summed E-state index contributed by atoms with van der Waals surface area (Å²) in [6, 6.07) is 1.80. The second-order valence-electron chi connectivity index (χ2n) is 18.9. The normalized spacial score (nSPS) is 16.6. The van der Waals surface area contributed by atoms with Crippen LogP contribution in [0.3, 0.4) is 0 Å². The maximum atomic E-state index is 14.9. The average molecular weight is 1090 g/mol. The zero-order valence-electron chi connectivity index (χ0n) is 42.1. The summed E-state index contributed by atoms with van der Waals surface area (Å²) >= 11 is 6.24. The third-order valence-electron chi connectivity index (χ3n) is 12.9. The number of aliphatic hydroxyl groups is 1. The van der Waals surface area contributed by atoms with E-state index >= 15 is 0 Å². The van der Waals surface area contributed by atoms with Crippen LogP contribution >= 0.6 is 11.6 Å². The van der Waals surface area contributed by atoms with Gasteiger partial charge in [-0.2, -0.15) is 0 Å². The summed E-state index contributed by atoms with van der Waals surface area (Å²) in [5, 5.41) is 26.6. The number of hydrogen-bond donors (Lipinski definition) is 7. The van der Waals surface area contributed by atoms with Crippen LogP contribution < -0.4 is 37.5 Å². The predicted molar refractivity (Wildman–Crippen MR) is 268 cm³/mol. The summed E-state index contributed by atoms with van der Waals surface area (Å²) in [6.45, 7) is 4.48. The van der Waals surface area contributed by atoms with Crippen molar-refractivity contribution in [1.29, 1.82) is 0 Å². The van der Waals surface area contributed by atoms with Crippen molar-refractivity contribution in [2.75, 3.05) is 26.1 Å². The van der Waals surface area contributed by atoms with E-state index < -0.39 is 112 Å². The Morgan fingerprint density at radius 3 is 2.32 bits per heavy atom. The lowest BCUT2D eigenvalue weighted by atomic mass is 9.86. The molecular weight excluding hydrogens is 1040 g/mol. The number of halogens is 2. The molecule has 4 aromatic rings. The molecule has 7 rings (SSSR count). The summed E-state index contributed by atoms with van der Waals surface area (Å²) in [5.41, 5.74) is -0.243. The number of carbonyl (C=O) groups excluding carboxylic acids is 7. The van der Waals surface area contributed by atoms with E-state index in [0.717, 1.165) is 12.3 Å². The molecule has 7 N–H and O–H groups in total. The van der Waals surface area contributed by atoms with Gasteiger partial charge in [0.05, 0.1) is 52.7 Å². The van der Waals surface area contributed by atoms with E-state index in [1.54, 1.807) is 20.8 Å². The van der Waals surface area contributed by atoms with Crippen LogP contribution in [0.15, 0.2) is 40.5 Å². The Morgan fingerprint density at radius 2 is 1.64 bits per heavy atom. The monoisotopic (exact) mass is 1090 g/mol. The molecule has 23 nitrogen and oxygen atoms in total. The highest BCUT2D eigenvalue weighted by Gasteiger charge is 2.46. The molecule has 1 aliphatic carbocycles. The van der Waals surface area contributed by atoms with Crippen LogP contribution in [-0.2, 0) is 78.2 Å². The molecule has 3 aliphatic rings. The van der Waals surface area contributed by atoms with Crippen LogP contribution in [0.2, 0.25) is 5.02 Å². The fraction of sp³-hybridized carbons (Fsp3) is 0.460. The molecule has 0 unspecified atom stereocenters.